The normalized spacial score (nSPS) is 15.4. The smallest absolute Gasteiger partial charge is 0.271 e. The zero-order chi connectivity index (χ0) is 22.8. The van der Waals surface area contributed by atoms with Crippen molar-refractivity contribution in [2.24, 2.45) is 5.92 Å². The Hall–Kier alpha value is -3.13. The van der Waals surface area contributed by atoms with Crippen molar-refractivity contribution in [1.29, 1.82) is 0 Å². The van der Waals surface area contributed by atoms with Crippen LogP contribution in [0.2, 0.25) is 0 Å². The van der Waals surface area contributed by atoms with Gasteiger partial charge < -0.3 is 25.8 Å². The first-order chi connectivity index (χ1) is 15.6. The fourth-order valence-corrected chi connectivity index (χ4v) is 3.43. The van der Waals surface area contributed by atoms with Crippen molar-refractivity contribution in [2.45, 2.75) is 25.7 Å². The highest BCUT2D eigenvalue weighted by atomic mass is 16.2. The van der Waals surface area contributed by atoms with Gasteiger partial charge in [-0.15, -0.1) is 0 Å². The highest BCUT2D eigenvalue weighted by Gasteiger charge is 2.21. The van der Waals surface area contributed by atoms with Gasteiger partial charge in [-0.1, -0.05) is 6.08 Å². The number of carbonyl (C=O) groups is 1. The Kier molecular flexibility index (Phi) is 8.86. The maximum Gasteiger partial charge on any atom is 0.271 e. The summed E-state index contributed by atoms with van der Waals surface area (Å²) in [6.45, 7) is 3.51. The summed E-state index contributed by atoms with van der Waals surface area (Å²) >= 11 is 0. The van der Waals surface area contributed by atoms with E-state index in [0.717, 1.165) is 61.9 Å². The molecule has 0 aromatic carbocycles. The number of hydrogen-bond acceptors (Lipinski definition) is 6. The van der Waals surface area contributed by atoms with Crippen LogP contribution in [0.4, 0.5) is 11.5 Å². The molecule has 2 aliphatic rings. The predicted octanol–water partition coefficient (Wildman–Crippen LogP) is 2.68. The maximum absolute atomic E-state index is 11.8. The van der Waals surface area contributed by atoms with Gasteiger partial charge in [0.25, 0.3) is 5.56 Å². The number of H-pyrrole nitrogens is 1. The topological polar surface area (TPSA) is 102 Å². The van der Waals surface area contributed by atoms with Crippen LogP contribution in [0.3, 0.4) is 0 Å². The summed E-state index contributed by atoms with van der Waals surface area (Å²) in [5.74, 6) is 1.69. The molecule has 32 heavy (non-hydrogen) atoms. The van der Waals surface area contributed by atoms with E-state index in [0.29, 0.717) is 5.69 Å². The number of nitrogens with one attached hydrogen (secondary N) is 4. The molecule has 0 unspecified atom stereocenters. The molecule has 0 spiro atoms. The quantitative estimate of drug-likeness (QED) is 0.473. The van der Waals surface area contributed by atoms with Crippen molar-refractivity contribution >= 4 is 17.4 Å². The molecule has 1 saturated carbocycles. The lowest BCUT2D eigenvalue weighted by molar-refractivity contribution is -0.125. The Bertz CT molecular complexity index is 961. The number of likely N-dealkylation sites (tertiary alicyclic amines) is 1. The van der Waals surface area contributed by atoms with Crippen molar-refractivity contribution < 1.29 is 4.79 Å². The first kappa shape index (κ1) is 23.5. The van der Waals surface area contributed by atoms with Crippen LogP contribution in [0.15, 0.2) is 47.5 Å². The van der Waals surface area contributed by atoms with Gasteiger partial charge in [0.15, 0.2) is 0 Å². The van der Waals surface area contributed by atoms with E-state index in [1.54, 1.807) is 18.5 Å². The van der Waals surface area contributed by atoms with Gasteiger partial charge in [0.05, 0.1) is 0 Å². The van der Waals surface area contributed by atoms with Gasteiger partial charge in [-0.3, -0.25) is 9.59 Å². The second-order valence-electron chi connectivity index (χ2n) is 8.13. The third kappa shape index (κ3) is 7.23. The second kappa shape index (κ2) is 12.0. The molecule has 172 valence electrons. The van der Waals surface area contributed by atoms with E-state index in [-0.39, 0.29) is 11.5 Å². The third-order valence-corrected chi connectivity index (χ3v) is 5.53. The molecule has 2 fully saturated rings. The van der Waals surface area contributed by atoms with Crippen LogP contribution in [-0.4, -0.2) is 61.0 Å². The number of likely N-dealkylation sites (N-methyl/N-ethyl adjacent to an activating group) is 1. The van der Waals surface area contributed by atoms with Crippen molar-refractivity contribution in [1.82, 2.24) is 20.2 Å². The number of nitrogens with zero attached hydrogens (tertiary/aromatic N) is 2. The Balaban J connectivity index is 0.000000207. The summed E-state index contributed by atoms with van der Waals surface area (Å²) in [7, 11) is 3.70. The summed E-state index contributed by atoms with van der Waals surface area (Å²) in [4.78, 5) is 32.0. The predicted molar refractivity (Wildman–Crippen MR) is 130 cm³/mol. The Morgan fingerprint density at radius 1 is 1.22 bits per heavy atom. The minimum absolute atomic E-state index is 0.0719. The van der Waals surface area contributed by atoms with E-state index < -0.39 is 0 Å². The Morgan fingerprint density at radius 3 is 2.69 bits per heavy atom. The van der Waals surface area contributed by atoms with Crippen molar-refractivity contribution in [2.75, 3.05) is 50.9 Å². The zero-order valence-electron chi connectivity index (χ0n) is 19.0. The van der Waals surface area contributed by atoms with E-state index in [2.05, 4.69) is 25.9 Å². The minimum atomic E-state index is -0.0719. The van der Waals surface area contributed by atoms with Crippen molar-refractivity contribution in [3.05, 3.63) is 53.1 Å². The summed E-state index contributed by atoms with van der Waals surface area (Å²) < 4.78 is 0. The number of hydrogen-bond donors (Lipinski definition) is 4. The zero-order valence-corrected chi connectivity index (χ0v) is 19.0. The summed E-state index contributed by atoms with van der Waals surface area (Å²) in [5.41, 5.74) is 2.56. The first-order valence-corrected chi connectivity index (χ1v) is 11.3. The second-order valence-corrected chi connectivity index (χ2v) is 8.13. The molecule has 1 amide bonds. The first-order valence-electron chi connectivity index (χ1n) is 11.3. The van der Waals surface area contributed by atoms with Gasteiger partial charge in [-0.25, -0.2) is 4.98 Å². The molecular formula is C24H34N6O2. The average molecular weight is 439 g/mol. The third-order valence-electron chi connectivity index (χ3n) is 5.53. The van der Waals surface area contributed by atoms with Gasteiger partial charge >= 0.3 is 0 Å². The number of rotatable bonds is 8. The summed E-state index contributed by atoms with van der Waals surface area (Å²) in [6.07, 6.45) is 11.9. The van der Waals surface area contributed by atoms with Crippen LogP contribution in [-0.2, 0) is 4.79 Å². The van der Waals surface area contributed by atoms with Crippen LogP contribution in [0.25, 0.3) is 11.1 Å². The summed E-state index contributed by atoms with van der Waals surface area (Å²) in [5, 5.41) is 9.21. The molecule has 4 rings (SSSR count). The SMILES string of the molecule is CNC/C=C/C(=O)N1CCCC1.CNc1cc(-c2c[nH]c(=O)c(NCC3CC3)c2)ccn1. The van der Waals surface area contributed by atoms with E-state index in [1.165, 1.54) is 12.8 Å². The van der Waals surface area contributed by atoms with E-state index in [4.69, 9.17) is 0 Å². The van der Waals surface area contributed by atoms with Crippen LogP contribution >= 0.6 is 0 Å². The molecule has 0 radical (unpaired) electrons. The molecule has 4 N–H and O–H groups in total. The minimum Gasteiger partial charge on any atom is -0.380 e. The molecule has 1 aliphatic carbocycles. The fraction of sp³-hybridized carbons (Fsp3) is 0.458. The molecule has 2 aromatic rings. The highest BCUT2D eigenvalue weighted by molar-refractivity contribution is 5.87. The van der Waals surface area contributed by atoms with Crippen molar-refractivity contribution in [3.8, 4) is 11.1 Å². The number of amides is 1. The largest absolute Gasteiger partial charge is 0.380 e. The molecular weight excluding hydrogens is 404 g/mol. The number of anilines is 2. The molecule has 1 aliphatic heterocycles. The van der Waals surface area contributed by atoms with Gasteiger partial charge in [0.2, 0.25) is 5.91 Å². The molecule has 8 heteroatoms. The van der Waals surface area contributed by atoms with E-state index in [9.17, 15) is 9.59 Å². The lowest BCUT2D eigenvalue weighted by atomic mass is 10.1. The van der Waals surface area contributed by atoms with E-state index >= 15 is 0 Å². The van der Waals surface area contributed by atoms with Gasteiger partial charge in [0.1, 0.15) is 11.5 Å². The monoisotopic (exact) mass is 438 g/mol. The molecule has 3 heterocycles. The highest BCUT2D eigenvalue weighted by Crippen LogP contribution is 2.29. The number of aromatic amines is 1. The lowest BCUT2D eigenvalue weighted by Gasteiger charge is -2.11. The van der Waals surface area contributed by atoms with Crippen LogP contribution in [0, 0.1) is 5.92 Å². The molecule has 0 atom stereocenters. The van der Waals surface area contributed by atoms with Crippen LogP contribution in [0.1, 0.15) is 25.7 Å². The Labute approximate surface area is 189 Å². The van der Waals surface area contributed by atoms with Crippen molar-refractivity contribution in [3.63, 3.8) is 0 Å². The van der Waals surface area contributed by atoms with E-state index in [1.807, 2.05) is 43.3 Å². The van der Waals surface area contributed by atoms with Crippen LogP contribution < -0.4 is 21.5 Å². The standard InChI is InChI=1S/C15H18N4O.C9H16N2O/c1-16-14-7-11(4-5-17-14)12-6-13(15(20)19-9-12)18-8-10-2-3-10;1-10-6-4-5-9(12)11-7-2-3-8-11/h4-7,9-10,18H,2-3,8H2,1H3,(H,16,17)(H,19,20);4-5,10H,2-3,6-8H2,1H3/b;5-4+. The molecule has 0 bridgehead atoms. The van der Waals surface area contributed by atoms with Gasteiger partial charge in [-0.05, 0) is 62.4 Å². The molecule has 1 saturated heterocycles. The molecule has 2 aromatic heterocycles. The maximum atomic E-state index is 11.8. The number of aromatic nitrogens is 2. The van der Waals surface area contributed by atoms with Gasteiger partial charge in [-0.2, -0.15) is 0 Å². The number of pyridine rings is 2. The number of carbonyl (C=O) groups excluding carboxylic acids is 1. The summed E-state index contributed by atoms with van der Waals surface area (Å²) in [6, 6.07) is 5.79. The average Bonchev–Trinajstić information content (AvgIpc) is 3.49. The van der Waals surface area contributed by atoms with Gasteiger partial charge in [0, 0.05) is 57.3 Å². The molecule has 8 nitrogen and oxygen atoms in total. The fourth-order valence-electron chi connectivity index (χ4n) is 3.43. The Morgan fingerprint density at radius 2 is 2.00 bits per heavy atom. The lowest BCUT2D eigenvalue weighted by Crippen LogP contribution is -2.25. The van der Waals surface area contributed by atoms with Crippen LogP contribution in [0.5, 0.6) is 0 Å².